The molecule has 3 aliphatic carbocycles. The number of carbonyl (C=O) groups is 1. The molecule has 0 N–H and O–H groups in total. The Hall–Kier alpha value is -1.29. The summed E-state index contributed by atoms with van der Waals surface area (Å²) in [5, 5.41) is 0. The van der Waals surface area contributed by atoms with Crippen LogP contribution in [0.15, 0.2) is 24.5 Å². The summed E-state index contributed by atoms with van der Waals surface area (Å²) in [6.45, 7) is 10.0. The highest BCUT2D eigenvalue weighted by atomic mass is 16.6. The zero-order chi connectivity index (χ0) is 14.3. The number of ether oxygens (including phenoxy) is 3. The zero-order valence-electron chi connectivity index (χ0n) is 12.0. The molecule has 4 heteroatoms. The summed E-state index contributed by atoms with van der Waals surface area (Å²) < 4.78 is 16.9. The number of carbonyl (C=O) groups excluding carboxylic acids is 1. The van der Waals surface area contributed by atoms with Crippen molar-refractivity contribution in [3.8, 4) is 0 Å². The van der Waals surface area contributed by atoms with Gasteiger partial charge in [-0.15, -0.1) is 0 Å². The van der Waals surface area contributed by atoms with Crippen LogP contribution in [-0.2, 0) is 19.0 Å². The lowest BCUT2D eigenvalue weighted by atomic mass is 9.63. The lowest BCUT2D eigenvalue weighted by molar-refractivity contribution is -0.141. The predicted octanol–water partition coefficient (Wildman–Crippen LogP) is 2.45. The zero-order valence-corrected chi connectivity index (χ0v) is 12.0. The minimum atomic E-state index is -0.405. The molecular weight excluding hydrogens is 256 g/mol. The van der Waals surface area contributed by atoms with Crippen LogP contribution in [0.5, 0.6) is 0 Å². The fourth-order valence-corrected chi connectivity index (χ4v) is 3.87. The van der Waals surface area contributed by atoms with Crippen LogP contribution in [0.4, 0.5) is 0 Å². The number of hydrogen-bond acceptors (Lipinski definition) is 4. The van der Waals surface area contributed by atoms with E-state index in [1.807, 2.05) is 0 Å². The molecule has 0 aromatic carbocycles. The molecule has 4 rings (SSSR count). The highest BCUT2D eigenvalue weighted by Gasteiger charge is 2.54. The Labute approximate surface area is 119 Å². The largest absolute Gasteiger partial charge is 0.489 e. The number of rotatable bonds is 5. The van der Waals surface area contributed by atoms with Gasteiger partial charge in [-0.2, -0.15) is 0 Å². The van der Waals surface area contributed by atoms with Crippen LogP contribution in [-0.4, -0.2) is 31.4 Å². The molecule has 4 bridgehead atoms. The van der Waals surface area contributed by atoms with Crippen molar-refractivity contribution in [3.05, 3.63) is 24.5 Å². The van der Waals surface area contributed by atoms with Gasteiger partial charge in [0.05, 0.1) is 12.7 Å². The molecule has 4 aliphatic rings. The Morgan fingerprint density at radius 1 is 1.30 bits per heavy atom. The molecule has 1 aliphatic heterocycles. The van der Waals surface area contributed by atoms with Gasteiger partial charge in [0, 0.05) is 5.57 Å². The van der Waals surface area contributed by atoms with E-state index in [1.165, 1.54) is 19.3 Å². The van der Waals surface area contributed by atoms with Gasteiger partial charge in [0.15, 0.2) is 0 Å². The van der Waals surface area contributed by atoms with Crippen LogP contribution in [0, 0.1) is 17.8 Å². The molecule has 0 aromatic heterocycles. The molecule has 0 radical (unpaired) electrons. The number of hydrogen-bond donors (Lipinski definition) is 0. The lowest BCUT2D eigenvalue weighted by Gasteiger charge is -2.45. The summed E-state index contributed by atoms with van der Waals surface area (Å²) in [6, 6.07) is 0. The highest BCUT2D eigenvalue weighted by Crippen LogP contribution is 2.51. The average molecular weight is 278 g/mol. The minimum absolute atomic E-state index is 0.0866. The normalized spacial score (nSPS) is 37.5. The minimum Gasteiger partial charge on any atom is -0.489 e. The topological polar surface area (TPSA) is 44.8 Å². The molecule has 4 nitrogen and oxygen atoms in total. The quantitative estimate of drug-likeness (QED) is 0.440. The van der Waals surface area contributed by atoms with Gasteiger partial charge in [0.2, 0.25) is 0 Å². The molecule has 0 spiro atoms. The molecule has 3 saturated carbocycles. The second-order valence-corrected chi connectivity index (χ2v) is 6.27. The molecule has 20 heavy (non-hydrogen) atoms. The maximum absolute atomic E-state index is 11.4. The van der Waals surface area contributed by atoms with Crippen LogP contribution in [0.3, 0.4) is 0 Å². The van der Waals surface area contributed by atoms with Crippen LogP contribution < -0.4 is 0 Å². The highest BCUT2D eigenvalue weighted by molar-refractivity contribution is 5.86. The van der Waals surface area contributed by atoms with Gasteiger partial charge in [-0.3, -0.25) is 0 Å². The maximum Gasteiger partial charge on any atom is 0.333 e. The molecule has 5 unspecified atom stereocenters. The van der Waals surface area contributed by atoms with Crippen molar-refractivity contribution < 1.29 is 19.0 Å². The maximum atomic E-state index is 11.4. The first-order valence-electron chi connectivity index (χ1n) is 7.35. The van der Waals surface area contributed by atoms with Gasteiger partial charge >= 0.3 is 5.97 Å². The summed E-state index contributed by atoms with van der Waals surface area (Å²) in [5.41, 5.74) is 0.386. The number of esters is 1. The third kappa shape index (κ3) is 2.37. The van der Waals surface area contributed by atoms with Crippen molar-refractivity contribution in [1.82, 2.24) is 0 Å². The SMILES string of the molecule is C=C(COC(=O)C(=C)C)OC1C2CCC3C(COC31)C2. The van der Waals surface area contributed by atoms with Gasteiger partial charge in [-0.05, 0) is 43.9 Å². The molecule has 1 heterocycles. The summed E-state index contributed by atoms with van der Waals surface area (Å²) >= 11 is 0. The van der Waals surface area contributed by atoms with E-state index in [0.717, 1.165) is 12.5 Å². The van der Waals surface area contributed by atoms with Gasteiger partial charge in [0.25, 0.3) is 0 Å². The Balaban J connectivity index is 1.54. The Morgan fingerprint density at radius 2 is 2.10 bits per heavy atom. The fourth-order valence-electron chi connectivity index (χ4n) is 3.87. The fraction of sp³-hybridized carbons (Fsp3) is 0.688. The second-order valence-electron chi connectivity index (χ2n) is 6.27. The molecule has 4 fully saturated rings. The van der Waals surface area contributed by atoms with Gasteiger partial charge in [-0.25, -0.2) is 4.79 Å². The van der Waals surface area contributed by atoms with Crippen LogP contribution >= 0.6 is 0 Å². The van der Waals surface area contributed by atoms with E-state index in [1.54, 1.807) is 6.92 Å². The average Bonchev–Trinajstić information content (AvgIpc) is 2.78. The van der Waals surface area contributed by atoms with E-state index in [0.29, 0.717) is 23.2 Å². The van der Waals surface area contributed by atoms with E-state index < -0.39 is 5.97 Å². The van der Waals surface area contributed by atoms with Crippen molar-refractivity contribution in [3.63, 3.8) is 0 Å². The van der Waals surface area contributed by atoms with E-state index in [2.05, 4.69) is 13.2 Å². The monoisotopic (exact) mass is 278 g/mol. The Morgan fingerprint density at radius 3 is 2.85 bits per heavy atom. The van der Waals surface area contributed by atoms with E-state index in [-0.39, 0.29) is 18.8 Å². The van der Waals surface area contributed by atoms with Crippen molar-refractivity contribution >= 4 is 5.97 Å². The Bertz CT molecular complexity index is 442. The summed E-state index contributed by atoms with van der Waals surface area (Å²) in [5.74, 6) is 2.04. The van der Waals surface area contributed by atoms with Crippen LogP contribution in [0.1, 0.15) is 26.2 Å². The smallest absolute Gasteiger partial charge is 0.333 e. The predicted molar refractivity (Wildman–Crippen MR) is 73.8 cm³/mol. The second kappa shape index (κ2) is 5.24. The molecule has 0 aromatic rings. The molecular formula is C16H22O4. The first kappa shape index (κ1) is 13.7. The van der Waals surface area contributed by atoms with Crippen LogP contribution in [0.2, 0.25) is 0 Å². The standard InChI is InChI=1S/C16H22O4/c1-9(2)16(17)19-7-10(3)20-14-11-4-5-13-12(6-11)8-18-15(13)14/h11-15H,1,3-8H2,2H3. The van der Waals surface area contributed by atoms with Crippen molar-refractivity contribution in [2.24, 2.45) is 17.8 Å². The van der Waals surface area contributed by atoms with Gasteiger partial charge < -0.3 is 14.2 Å². The summed E-state index contributed by atoms with van der Waals surface area (Å²) in [7, 11) is 0. The van der Waals surface area contributed by atoms with Crippen molar-refractivity contribution in [1.29, 1.82) is 0 Å². The van der Waals surface area contributed by atoms with E-state index in [4.69, 9.17) is 14.2 Å². The van der Waals surface area contributed by atoms with E-state index >= 15 is 0 Å². The molecule has 0 amide bonds. The van der Waals surface area contributed by atoms with Gasteiger partial charge in [0.1, 0.15) is 18.5 Å². The third-order valence-corrected chi connectivity index (χ3v) is 4.81. The van der Waals surface area contributed by atoms with Crippen molar-refractivity contribution in [2.75, 3.05) is 13.2 Å². The van der Waals surface area contributed by atoms with Crippen molar-refractivity contribution in [2.45, 2.75) is 38.4 Å². The van der Waals surface area contributed by atoms with E-state index in [9.17, 15) is 4.79 Å². The van der Waals surface area contributed by atoms with Crippen LogP contribution in [0.25, 0.3) is 0 Å². The first-order chi connectivity index (χ1) is 9.56. The summed E-state index contributed by atoms with van der Waals surface area (Å²) in [6.07, 6.45) is 3.97. The lowest BCUT2D eigenvalue weighted by Crippen LogP contribution is -2.49. The van der Waals surface area contributed by atoms with Gasteiger partial charge in [-0.1, -0.05) is 13.2 Å². The molecule has 110 valence electrons. The Kier molecular flexibility index (Phi) is 3.59. The molecule has 5 atom stereocenters. The number of fused-ring (bicyclic) bond motifs is 1. The first-order valence-corrected chi connectivity index (χ1v) is 7.35. The molecule has 1 saturated heterocycles. The summed E-state index contributed by atoms with van der Waals surface area (Å²) in [4.78, 5) is 11.4. The third-order valence-electron chi connectivity index (χ3n) is 4.81.